The van der Waals surface area contributed by atoms with Gasteiger partial charge in [0.2, 0.25) is 10.0 Å². The second-order valence-electron chi connectivity index (χ2n) is 5.35. The zero-order valence-electron chi connectivity index (χ0n) is 12.2. The van der Waals surface area contributed by atoms with Crippen LogP contribution < -0.4 is 10.0 Å². The van der Waals surface area contributed by atoms with E-state index in [2.05, 4.69) is 10.0 Å². The first-order valence-electron chi connectivity index (χ1n) is 7.22. The normalized spacial score (nSPS) is 17.1. The molecule has 122 valence electrons. The quantitative estimate of drug-likeness (QED) is 0.728. The van der Waals surface area contributed by atoms with Crippen LogP contribution in [-0.2, 0) is 10.0 Å². The number of likely N-dealkylation sites (tertiary alicyclic amines) is 1. The molecule has 1 aliphatic rings. The van der Waals surface area contributed by atoms with E-state index >= 15 is 0 Å². The lowest BCUT2D eigenvalue weighted by Gasteiger charge is -2.31. The molecule has 0 atom stereocenters. The van der Waals surface area contributed by atoms with Gasteiger partial charge in [-0.1, -0.05) is 18.2 Å². The van der Waals surface area contributed by atoms with Crippen LogP contribution in [0.4, 0.5) is 10.5 Å². The first-order chi connectivity index (χ1) is 10.4. The van der Waals surface area contributed by atoms with Gasteiger partial charge in [0.05, 0.1) is 5.75 Å². The lowest BCUT2D eigenvalue weighted by atomic mass is 10.1. The van der Waals surface area contributed by atoms with Crippen LogP contribution in [0.3, 0.4) is 0 Å². The summed E-state index contributed by atoms with van der Waals surface area (Å²) in [7, 11) is -3.37. The van der Waals surface area contributed by atoms with Crippen molar-refractivity contribution in [3.8, 4) is 0 Å². The maximum atomic E-state index is 12.0. The number of carboxylic acid groups (broad SMARTS) is 1. The van der Waals surface area contributed by atoms with Crippen molar-refractivity contribution in [3.63, 3.8) is 0 Å². The van der Waals surface area contributed by atoms with Gasteiger partial charge in [-0.15, -0.1) is 0 Å². The SMILES string of the molecule is O=C(O)NC1CCN(CCS(=O)(=O)Nc2ccccc2)CC1. The molecule has 0 aliphatic carbocycles. The number of rotatable bonds is 6. The number of carbonyl (C=O) groups is 1. The molecule has 0 bridgehead atoms. The summed E-state index contributed by atoms with van der Waals surface area (Å²) in [6, 6.07) is 8.76. The highest BCUT2D eigenvalue weighted by molar-refractivity contribution is 7.92. The van der Waals surface area contributed by atoms with Crippen LogP contribution in [0.15, 0.2) is 30.3 Å². The largest absolute Gasteiger partial charge is 0.465 e. The first kappa shape index (κ1) is 16.6. The Bertz CT molecular complexity index is 583. The van der Waals surface area contributed by atoms with Crippen LogP contribution in [0.1, 0.15) is 12.8 Å². The smallest absolute Gasteiger partial charge is 0.404 e. The van der Waals surface area contributed by atoms with E-state index in [1.54, 1.807) is 24.3 Å². The summed E-state index contributed by atoms with van der Waals surface area (Å²) in [4.78, 5) is 12.6. The maximum Gasteiger partial charge on any atom is 0.404 e. The van der Waals surface area contributed by atoms with Gasteiger partial charge in [0.25, 0.3) is 0 Å². The van der Waals surface area contributed by atoms with E-state index < -0.39 is 16.1 Å². The van der Waals surface area contributed by atoms with E-state index in [0.29, 0.717) is 38.2 Å². The highest BCUT2D eigenvalue weighted by Crippen LogP contribution is 2.12. The molecule has 0 radical (unpaired) electrons. The molecule has 1 aromatic carbocycles. The Morgan fingerprint density at radius 3 is 2.45 bits per heavy atom. The molecule has 7 nitrogen and oxygen atoms in total. The number of nitrogens with zero attached hydrogens (tertiary/aromatic N) is 1. The molecule has 1 heterocycles. The average molecular weight is 327 g/mol. The van der Waals surface area contributed by atoms with Crippen molar-refractivity contribution in [1.82, 2.24) is 10.2 Å². The van der Waals surface area contributed by atoms with Gasteiger partial charge in [-0.25, -0.2) is 13.2 Å². The monoisotopic (exact) mass is 327 g/mol. The first-order valence-corrected chi connectivity index (χ1v) is 8.87. The zero-order chi connectivity index (χ0) is 16.0. The number of amides is 1. The molecule has 0 unspecified atom stereocenters. The van der Waals surface area contributed by atoms with Gasteiger partial charge in [-0.05, 0) is 25.0 Å². The summed E-state index contributed by atoms with van der Waals surface area (Å²) in [5, 5.41) is 11.1. The Labute approximate surface area is 130 Å². The van der Waals surface area contributed by atoms with Crippen molar-refractivity contribution < 1.29 is 18.3 Å². The fourth-order valence-electron chi connectivity index (χ4n) is 2.46. The van der Waals surface area contributed by atoms with Gasteiger partial charge < -0.3 is 15.3 Å². The van der Waals surface area contributed by atoms with Gasteiger partial charge in [-0.2, -0.15) is 0 Å². The van der Waals surface area contributed by atoms with E-state index in [1.165, 1.54) is 0 Å². The van der Waals surface area contributed by atoms with E-state index in [-0.39, 0.29) is 11.8 Å². The number of anilines is 1. The Morgan fingerprint density at radius 1 is 1.23 bits per heavy atom. The summed E-state index contributed by atoms with van der Waals surface area (Å²) in [6.07, 6.45) is 0.407. The molecule has 0 aromatic heterocycles. The van der Waals surface area contributed by atoms with E-state index in [9.17, 15) is 13.2 Å². The van der Waals surface area contributed by atoms with Crippen LogP contribution in [0.5, 0.6) is 0 Å². The molecule has 1 fully saturated rings. The third-order valence-corrected chi connectivity index (χ3v) is 4.91. The Hall–Kier alpha value is -1.80. The second-order valence-corrected chi connectivity index (χ2v) is 7.19. The van der Waals surface area contributed by atoms with Gasteiger partial charge >= 0.3 is 6.09 Å². The average Bonchev–Trinajstić information content (AvgIpc) is 2.47. The van der Waals surface area contributed by atoms with Crippen molar-refractivity contribution >= 4 is 21.8 Å². The third kappa shape index (κ3) is 5.53. The number of para-hydroxylation sites is 1. The highest BCUT2D eigenvalue weighted by atomic mass is 32.2. The standard InChI is InChI=1S/C14H21N3O4S/c18-14(19)15-12-6-8-17(9-7-12)10-11-22(20,21)16-13-4-2-1-3-5-13/h1-5,12,15-16H,6-11H2,(H,18,19). The van der Waals surface area contributed by atoms with Crippen molar-refractivity contribution in [3.05, 3.63) is 30.3 Å². The van der Waals surface area contributed by atoms with Crippen LogP contribution in [-0.4, -0.2) is 55.9 Å². The minimum atomic E-state index is -3.37. The topological polar surface area (TPSA) is 98.7 Å². The van der Waals surface area contributed by atoms with Gasteiger partial charge in [0, 0.05) is 31.4 Å². The molecule has 22 heavy (non-hydrogen) atoms. The molecule has 1 aromatic rings. The minimum absolute atomic E-state index is 0.0267. The fraction of sp³-hybridized carbons (Fsp3) is 0.500. The molecule has 1 saturated heterocycles. The molecule has 3 N–H and O–H groups in total. The lowest BCUT2D eigenvalue weighted by Crippen LogP contribution is -2.45. The number of hydrogen-bond donors (Lipinski definition) is 3. The minimum Gasteiger partial charge on any atom is -0.465 e. The van der Waals surface area contributed by atoms with Gasteiger partial charge in [0.1, 0.15) is 0 Å². The summed E-state index contributed by atoms with van der Waals surface area (Å²) in [5.74, 6) is 0.0267. The number of hydrogen-bond acceptors (Lipinski definition) is 4. The fourth-order valence-corrected chi connectivity index (χ4v) is 3.56. The third-order valence-electron chi connectivity index (χ3n) is 3.64. The van der Waals surface area contributed by atoms with Crippen LogP contribution in [0.2, 0.25) is 0 Å². The van der Waals surface area contributed by atoms with E-state index in [1.807, 2.05) is 11.0 Å². The summed E-state index contributed by atoms with van der Waals surface area (Å²) < 4.78 is 26.6. The Morgan fingerprint density at radius 2 is 1.86 bits per heavy atom. The molecule has 1 aliphatic heterocycles. The number of nitrogens with one attached hydrogen (secondary N) is 2. The predicted octanol–water partition coefficient (Wildman–Crippen LogP) is 1.16. The molecule has 1 amide bonds. The predicted molar refractivity (Wildman–Crippen MR) is 84.5 cm³/mol. The molecular formula is C14H21N3O4S. The number of benzene rings is 1. The number of piperidine rings is 1. The Balaban J connectivity index is 1.75. The van der Waals surface area contributed by atoms with Crippen molar-refractivity contribution in [2.24, 2.45) is 0 Å². The summed E-state index contributed by atoms with van der Waals surface area (Å²) >= 11 is 0. The van der Waals surface area contributed by atoms with Crippen molar-refractivity contribution in [2.45, 2.75) is 18.9 Å². The molecule has 2 rings (SSSR count). The zero-order valence-corrected chi connectivity index (χ0v) is 13.1. The number of sulfonamides is 1. The van der Waals surface area contributed by atoms with Gasteiger partial charge in [0.15, 0.2) is 0 Å². The molecule has 0 spiro atoms. The van der Waals surface area contributed by atoms with E-state index in [4.69, 9.17) is 5.11 Å². The molecular weight excluding hydrogens is 306 g/mol. The highest BCUT2D eigenvalue weighted by Gasteiger charge is 2.21. The summed E-state index contributed by atoms with van der Waals surface area (Å²) in [5.41, 5.74) is 0.562. The van der Waals surface area contributed by atoms with Crippen LogP contribution in [0, 0.1) is 0 Å². The lowest BCUT2D eigenvalue weighted by molar-refractivity contribution is 0.171. The van der Waals surface area contributed by atoms with Crippen molar-refractivity contribution in [2.75, 3.05) is 30.1 Å². The van der Waals surface area contributed by atoms with Gasteiger partial charge in [-0.3, -0.25) is 4.72 Å². The summed E-state index contributed by atoms with van der Waals surface area (Å²) in [6.45, 7) is 1.85. The van der Waals surface area contributed by atoms with Crippen LogP contribution >= 0.6 is 0 Å². The molecule has 8 heteroatoms. The molecule has 0 saturated carbocycles. The van der Waals surface area contributed by atoms with Crippen molar-refractivity contribution in [1.29, 1.82) is 0 Å². The van der Waals surface area contributed by atoms with Crippen LogP contribution in [0.25, 0.3) is 0 Å². The van der Waals surface area contributed by atoms with E-state index in [0.717, 1.165) is 0 Å². The Kier molecular flexibility index (Phi) is 5.62. The second kappa shape index (κ2) is 7.46. The maximum absolute atomic E-state index is 12.0.